The van der Waals surface area contributed by atoms with Gasteiger partial charge in [-0.25, -0.2) is 0 Å². The topological polar surface area (TPSA) is 90.5 Å². The number of aryl methyl sites for hydroxylation is 2. The molecule has 0 aliphatic carbocycles. The van der Waals surface area contributed by atoms with Crippen molar-refractivity contribution in [3.63, 3.8) is 0 Å². The highest BCUT2D eigenvalue weighted by atomic mass is 31.2. The lowest BCUT2D eigenvalue weighted by Crippen LogP contribution is -2.50. The first-order valence-corrected chi connectivity index (χ1v) is 21.1. The molecule has 0 aliphatic rings. The van der Waals surface area contributed by atoms with Gasteiger partial charge in [0.1, 0.15) is 6.04 Å². The number of hydrogen-bond acceptors (Lipinski definition) is 5. The van der Waals surface area contributed by atoms with Crippen LogP contribution in [0.1, 0.15) is 116 Å². The van der Waals surface area contributed by atoms with E-state index in [9.17, 15) is 14.3 Å². The van der Waals surface area contributed by atoms with Crippen LogP contribution in [0.2, 0.25) is 0 Å². The van der Waals surface area contributed by atoms with E-state index >= 15 is 0 Å². The molecular weight excluding hydrogens is 665 g/mol. The highest BCUT2D eigenvalue weighted by molar-refractivity contribution is 7.53. The Morgan fingerprint density at radius 3 is 1.58 bits per heavy atom. The molecule has 0 bridgehead atoms. The highest BCUT2D eigenvalue weighted by Gasteiger charge is 2.38. The summed E-state index contributed by atoms with van der Waals surface area (Å²) in [6, 6.07) is 22.5. The normalized spacial score (nSPS) is 13.7. The number of quaternary nitrogens is 1. The van der Waals surface area contributed by atoms with Crippen LogP contribution >= 0.6 is 7.60 Å². The SMILES string of the molecule is CCCC[N+](CCCC)(CCCC)CCCC.COP(=O)([O-])C(C)(C)NC(C(=O)Nc1c(C)cccc1C)c1c2ccccc2cc2ccccc12. The molecule has 1 amide bonds. The smallest absolute Gasteiger partial charge is 0.246 e. The maximum Gasteiger partial charge on any atom is 0.246 e. The molecule has 0 aromatic heterocycles. The van der Waals surface area contributed by atoms with E-state index < -0.39 is 18.9 Å². The Bertz CT molecular complexity index is 1660. The Kier molecular flexibility index (Phi) is 17.0. The fourth-order valence-corrected chi connectivity index (χ4v) is 7.88. The van der Waals surface area contributed by atoms with Crippen molar-refractivity contribution < 1.29 is 23.3 Å². The monoisotopic (exact) mass is 731 g/mol. The van der Waals surface area contributed by atoms with Crippen LogP contribution in [-0.4, -0.2) is 49.0 Å². The van der Waals surface area contributed by atoms with Crippen LogP contribution in [0.3, 0.4) is 0 Å². The van der Waals surface area contributed by atoms with Crippen LogP contribution in [0, 0.1) is 13.8 Å². The number of unbranched alkanes of at least 4 members (excludes halogenated alkanes) is 4. The summed E-state index contributed by atoms with van der Waals surface area (Å²) >= 11 is 0. The molecular formula is C44H66N3O4P. The number of rotatable bonds is 19. The quantitative estimate of drug-likeness (QED) is 0.0569. The largest absolute Gasteiger partial charge is 0.777 e. The minimum atomic E-state index is -4.35. The van der Waals surface area contributed by atoms with Crippen LogP contribution in [0.5, 0.6) is 0 Å². The Labute approximate surface area is 314 Å². The number of carbonyl (C=O) groups excluding carboxylic acids is 1. The van der Waals surface area contributed by atoms with Crippen LogP contribution in [-0.2, 0) is 13.9 Å². The lowest BCUT2D eigenvalue weighted by atomic mass is 9.91. The van der Waals surface area contributed by atoms with E-state index in [2.05, 4.69) is 44.4 Å². The van der Waals surface area contributed by atoms with Crippen LogP contribution < -0.4 is 15.5 Å². The lowest BCUT2D eigenvalue weighted by Gasteiger charge is -2.41. The van der Waals surface area contributed by atoms with E-state index in [1.54, 1.807) is 0 Å². The van der Waals surface area contributed by atoms with E-state index in [-0.39, 0.29) is 5.91 Å². The predicted molar refractivity (Wildman–Crippen MR) is 220 cm³/mol. The zero-order valence-electron chi connectivity index (χ0n) is 33.5. The average Bonchev–Trinajstić information content (AvgIpc) is 3.14. The van der Waals surface area contributed by atoms with Crippen molar-refractivity contribution in [3.05, 3.63) is 89.5 Å². The molecule has 0 spiro atoms. The summed E-state index contributed by atoms with van der Waals surface area (Å²) < 4.78 is 19.1. The van der Waals surface area contributed by atoms with Gasteiger partial charge in [0.05, 0.1) is 31.5 Å². The maximum atomic E-state index is 14.0. The van der Waals surface area contributed by atoms with Crippen molar-refractivity contribution in [2.45, 2.75) is 118 Å². The number of benzene rings is 4. The molecule has 8 heteroatoms. The lowest BCUT2D eigenvalue weighted by molar-refractivity contribution is -0.929. The fourth-order valence-electron chi connectivity index (χ4n) is 7.14. The van der Waals surface area contributed by atoms with Gasteiger partial charge in [0, 0.05) is 12.8 Å². The van der Waals surface area contributed by atoms with Crippen molar-refractivity contribution in [2.75, 3.05) is 38.6 Å². The summed E-state index contributed by atoms with van der Waals surface area (Å²) in [6.07, 6.45) is 11.1. The standard InChI is InChI=1S/C28H31N2O4P.C16H36N/c1-18-11-10-12-19(2)25(18)29-27(31)26(30-28(3,4)35(32,33)34-5)24-22-15-8-6-13-20(22)17-21-14-7-9-16-23(21)24;1-5-9-13-17(14-10-6-2,15-11-7-3)16-12-8-4/h6-17,26,30H,1-5H3,(H,29,31)(H,32,33);5-16H2,1-4H3/q;+1/p-1. The van der Waals surface area contributed by atoms with Crippen molar-refractivity contribution >= 4 is 40.7 Å². The summed E-state index contributed by atoms with van der Waals surface area (Å²) in [7, 11) is -3.22. The molecule has 4 aromatic carbocycles. The van der Waals surface area contributed by atoms with Crippen molar-refractivity contribution in [2.24, 2.45) is 0 Å². The first-order valence-electron chi connectivity index (χ1n) is 19.6. The molecule has 2 N–H and O–H groups in total. The van der Waals surface area contributed by atoms with Gasteiger partial charge in [-0.3, -0.25) is 10.1 Å². The molecule has 52 heavy (non-hydrogen) atoms. The molecule has 2 unspecified atom stereocenters. The Morgan fingerprint density at radius 2 is 1.17 bits per heavy atom. The van der Waals surface area contributed by atoms with E-state index in [1.807, 2.05) is 80.6 Å². The zero-order chi connectivity index (χ0) is 38.4. The number of fused-ring (bicyclic) bond motifs is 2. The molecule has 0 heterocycles. The maximum absolute atomic E-state index is 14.0. The van der Waals surface area contributed by atoms with E-state index in [0.717, 1.165) is 39.8 Å². The molecule has 0 saturated heterocycles. The van der Waals surface area contributed by atoms with Gasteiger partial charge in [-0.1, -0.05) is 120 Å². The minimum absolute atomic E-state index is 0.354. The molecule has 0 fully saturated rings. The van der Waals surface area contributed by atoms with Gasteiger partial charge in [0.15, 0.2) is 7.60 Å². The second-order valence-electron chi connectivity index (χ2n) is 15.0. The first-order chi connectivity index (χ1) is 24.8. The number of hydrogen-bond donors (Lipinski definition) is 2. The summed E-state index contributed by atoms with van der Waals surface area (Å²) in [5.74, 6) is -0.354. The molecule has 2 atom stereocenters. The summed E-state index contributed by atoms with van der Waals surface area (Å²) in [5.41, 5.74) is 3.27. The Morgan fingerprint density at radius 1 is 0.750 bits per heavy atom. The predicted octanol–water partition coefficient (Wildman–Crippen LogP) is 10.8. The van der Waals surface area contributed by atoms with Gasteiger partial charge in [0.25, 0.3) is 0 Å². The number of nitrogens with zero attached hydrogens (tertiary/aromatic N) is 1. The van der Waals surface area contributed by atoms with E-state index in [4.69, 9.17) is 4.52 Å². The van der Waals surface area contributed by atoms with E-state index in [1.165, 1.54) is 95.9 Å². The number of amides is 1. The first kappa shape index (κ1) is 43.3. The summed E-state index contributed by atoms with van der Waals surface area (Å²) in [4.78, 5) is 26.8. The molecule has 4 aromatic rings. The molecule has 4 rings (SSSR count). The molecule has 7 nitrogen and oxygen atoms in total. The molecule has 0 aliphatic heterocycles. The third kappa shape index (κ3) is 11.2. The zero-order valence-corrected chi connectivity index (χ0v) is 34.4. The van der Waals surface area contributed by atoms with Gasteiger partial charge in [-0.15, -0.1) is 0 Å². The van der Waals surface area contributed by atoms with Crippen molar-refractivity contribution in [1.29, 1.82) is 0 Å². The Hall–Kier alpha value is -3.06. The van der Waals surface area contributed by atoms with Gasteiger partial charge in [-0.05, 0) is 97.7 Å². The third-order valence-electron chi connectivity index (χ3n) is 10.5. The number of nitrogens with one attached hydrogen (secondary N) is 2. The van der Waals surface area contributed by atoms with Crippen molar-refractivity contribution in [1.82, 2.24) is 5.32 Å². The van der Waals surface area contributed by atoms with Crippen LogP contribution in [0.4, 0.5) is 5.69 Å². The average molecular weight is 732 g/mol. The molecule has 0 saturated carbocycles. The van der Waals surface area contributed by atoms with Gasteiger partial charge >= 0.3 is 0 Å². The van der Waals surface area contributed by atoms with Gasteiger partial charge in [-0.2, -0.15) is 0 Å². The minimum Gasteiger partial charge on any atom is -0.777 e. The van der Waals surface area contributed by atoms with Crippen molar-refractivity contribution in [3.8, 4) is 0 Å². The van der Waals surface area contributed by atoms with E-state index in [0.29, 0.717) is 11.3 Å². The second-order valence-corrected chi connectivity index (χ2v) is 17.4. The van der Waals surface area contributed by atoms with Gasteiger partial charge < -0.3 is 23.8 Å². The number of para-hydroxylation sites is 1. The Balaban J connectivity index is 0.000000363. The van der Waals surface area contributed by atoms with Gasteiger partial charge in [0.2, 0.25) is 5.91 Å². The number of carbonyl (C=O) groups is 1. The highest BCUT2D eigenvalue weighted by Crippen LogP contribution is 2.50. The van der Waals surface area contributed by atoms with Crippen LogP contribution in [0.15, 0.2) is 72.8 Å². The van der Waals surface area contributed by atoms with Crippen LogP contribution in [0.25, 0.3) is 21.5 Å². The third-order valence-corrected chi connectivity index (χ3v) is 12.4. The summed E-state index contributed by atoms with van der Waals surface area (Å²) in [5, 5.41) is 8.33. The molecule has 0 radical (unpaired) electrons. The number of anilines is 1. The fraction of sp³-hybridized carbons (Fsp3) is 0.523. The second kappa shape index (κ2) is 20.4. The molecule has 286 valence electrons. The summed E-state index contributed by atoms with van der Waals surface area (Å²) in [6.45, 7) is 21.9.